The van der Waals surface area contributed by atoms with Crippen molar-refractivity contribution in [3.8, 4) is 5.75 Å². The first kappa shape index (κ1) is 25.1. The van der Waals surface area contributed by atoms with Crippen LogP contribution in [0.25, 0.3) is 0 Å². The number of fused-ring (bicyclic) bond motifs is 1. The molecular weight excluding hydrogens is 469 g/mol. The van der Waals surface area contributed by atoms with Gasteiger partial charge in [-0.3, -0.25) is 4.79 Å². The number of alkyl halides is 3. The molecule has 8 heteroatoms. The first-order chi connectivity index (χ1) is 17.3. The van der Waals surface area contributed by atoms with Gasteiger partial charge in [-0.15, -0.1) is 0 Å². The third-order valence-corrected chi connectivity index (χ3v) is 8.36. The predicted molar refractivity (Wildman–Crippen MR) is 129 cm³/mol. The maximum absolute atomic E-state index is 13.8. The average molecular weight is 503 g/mol. The Kier molecular flexibility index (Phi) is 7.01. The summed E-state index contributed by atoms with van der Waals surface area (Å²) < 4.78 is 45.3. The zero-order valence-corrected chi connectivity index (χ0v) is 20.3. The van der Waals surface area contributed by atoms with Gasteiger partial charge >= 0.3 is 6.18 Å². The van der Waals surface area contributed by atoms with Gasteiger partial charge in [0.15, 0.2) is 6.73 Å². The van der Waals surface area contributed by atoms with Crippen molar-refractivity contribution in [2.24, 2.45) is 5.41 Å². The molecular formula is C28H33F3N2O3. The van der Waals surface area contributed by atoms with Crippen molar-refractivity contribution in [3.05, 3.63) is 65.2 Å². The number of hydrogen-bond acceptors (Lipinski definition) is 4. The number of hydrogen-bond donors (Lipinski definition) is 1. The van der Waals surface area contributed by atoms with Crippen LogP contribution in [0.4, 0.5) is 13.2 Å². The lowest BCUT2D eigenvalue weighted by atomic mass is 9.80. The van der Waals surface area contributed by atoms with Crippen LogP contribution in [-0.2, 0) is 17.5 Å². The van der Waals surface area contributed by atoms with E-state index < -0.39 is 17.2 Å². The Hall–Kier alpha value is -2.58. The second kappa shape index (κ2) is 10.1. The third-order valence-electron chi connectivity index (χ3n) is 8.36. The molecule has 2 aromatic rings. The minimum atomic E-state index is -4.45. The summed E-state index contributed by atoms with van der Waals surface area (Å²) in [5.74, 6) is 0.815. The Balaban J connectivity index is 1.25. The summed E-state index contributed by atoms with van der Waals surface area (Å²) in [4.78, 5) is 17.8. The van der Waals surface area contributed by atoms with Gasteiger partial charge in [0, 0.05) is 18.2 Å². The van der Waals surface area contributed by atoms with E-state index in [2.05, 4.69) is 29.2 Å². The lowest BCUT2D eigenvalue weighted by molar-refractivity contribution is -0.148. The zero-order valence-electron chi connectivity index (χ0n) is 20.3. The number of aliphatic hydroxyl groups is 1. The van der Waals surface area contributed by atoms with Crippen molar-refractivity contribution < 1.29 is 27.8 Å². The van der Waals surface area contributed by atoms with Crippen molar-refractivity contribution in [1.29, 1.82) is 0 Å². The van der Waals surface area contributed by atoms with Gasteiger partial charge in [-0.05, 0) is 81.3 Å². The first-order valence-corrected chi connectivity index (χ1v) is 12.8. The van der Waals surface area contributed by atoms with Gasteiger partial charge in [-0.1, -0.05) is 30.3 Å². The van der Waals surface area contributed by atoms with E-state index in [0.717, 1.165) is 44.5 Å². The van der Waals surface area contributed by atoms with Crippen LogP contribution in [0, 0.1) is 5.41 Å². The highest BCUT2D eigenvalue weighted by Crippen LogP contribution is 2.46. The minimum absolute atomic E-state index is 0.0114. The minimum Gasteiger partial charge on any atom is -0.473 e. The van der Waals surface area contributed by atoms with Crippen LogP contribution in [0.1, 0.15) is 61.1 Å². The van der Waals surface area contributed by atoms with E-state index in [9.17, 15) is 23.1 Å². The molecule has 1 aliphatic carbocycles. The van der Waals surface area contributed by atoms with E-state index in [4.69, 9.17) is 4.74 Å². The molecule has 1 saturated heterocycles. The molecule has 2 aliphatic heterocycles. The van der Waals surface area contributed by atoms with Gasteiger partial charge in [0.2, 0.25) is 5.91 Å². The molecule has 2 atom stereocenters. The molecule has 1 amide bonds. The fourth-order valence-corrected chi connectivity index (χ4v) is 6.36. The number of aliphatic hydroxyl groups excluding tert-OH is 1. The molecule has 1 saturated carbocycles. The van der Waals surface area contributed by atoms with E-state index in [-0.39, 0.29) is 31.8 Å². The molecule has 3 aliphatic rings. The lowest BCUT2D eigenvalue weighted by Gasteiger charge is -2.39. The number of halogens is 3. The van der Waals surface area contributed by atoms with Crippen LogP contribution in [0.15, 0.2) is 48.5 Å². The SMILES string of the molecule is O=C(N1COc2ccc(C(F)(F)F)cc2C1)[C@@]1(CCO)CC[C@@H](N2CCC(c3ccccc3)CC2)C1. The maximum Gasteiger partial charge on any atom is 0.416 e. The quantitative estimate of drug-likeness (QED) is 0.612. The van der Waals surface area contributed by atoms with Gasteiger partial charge < -0.3 is 19.6 Å². The standard InChI is InChI=1S/C28H33F3N2O3/c29-28(30,31)23-6-7-25-22(16-23)18-33(19-36-25)26(35)27(12-15-34)11-8-24(17-27)32-13-9-21(10-14-32)20-4-2-1-3-5-20/h1-7,16,21,24,34H,8-15,17-19H2/t24-,27-/m1/s1. The van der Waals surface area contributed by atoms with Crippen LogP contribution in [0.5, 0.6) is 5.75 Å². The molecule has 5 nitrogen and oxygen atoms in total. The van der Waals surface area contributed by atoms with E-state index in [1.807, 2.05) is 6.07 Å². The number of benzene rings is 2. The van der Waals surface area contributed by atoms with Crippen LogP contribution >= 0.6 is 0 Å². The van der Waals surface area contributed by atoms with E-state index in [1.165, 1.54) is 16.5 Å². The van der Waals surface area contributed by atoms with Gasteiger partial charge in [0.05, 0.1) is 17.5 Å². The zero-order chi connectivity index (χ0) is 25.3. The Labute approximate surface area is 209 Å². The van der Waals surface area contributed by atoms with Gasteiger partial charge in [-0.25, -0.2) is 0 Å². The summed E-state index contributed by atoms with van der Waals surface area (Å²) in [6.07, 6.45) is 0.279. The number of carbonyl (C=O) groups is 1. The average Bonchev–Trinajstić information content (AvgIpc) is 3.33. The predicted octanol–water partition coefficient (Wildman–Crippen LogP) is 5.18. The number of piperidine rings is 1. The molecule has 2 aromatic carbocycles. The third kappa shape index (κ3) is 4.98. The highest BCUT2D eigenvalue weighted by atomic mass is 19.4. The van der Waals surface area contributed by atoms with Crippen LogP contribution < -0.4 is 4.74 Å². The van der Waals surface area contributed by atoms with Crippen molar-refractivity contribution >= 4 is 5.91 Å². The molecule has 0 spiro atoms. The van der Waals surface area contributed by atoms with Crippen LogP contribution in [0.2, 0.25) is 0 Å². The molecule has 1 N–H and O–H groups in total. The van der Waals surface area contributed by atoms with Crippen molar-refractivity contribution in [3.63, 3.8) is 0 Å². The maximum atomic E-state index is 13.8. The Morgan fingerprint density at radius 2 is 1.83 bits per heavy atom. The largest absolute Gasteiger partial charge is 0.473 e. The summed E-state index contributed by atoms with van der Waals surface area (Å²) in [6, 6.07) is 14.3. The highest BCUT2D eigenvalue weighted by Gasteiger charge is 2.49. The highest BCUT2D eigenvalue weighted by molar-refractivity contribution is 5.83. The number of rotatable bonds is 5. The fraction of sp³-hybridized carbons (Fsp3) is 0.536. The molecule has 0 unspecified atom stereocenters. The first-order valence-electron chi connectivity index (χ1n) is 12.8. The number of nitrogens with zero attached hydrogens (tertiary/aromatic N) is 2. The van der Waals surface area contributed by atoms with Gasteiger partial charge in [-0.2, -0.15) is 13.2 Å². The number of ether oxygens (including phenoxy) is 1. The monoisotopic (exact) mass is 502 g/mol. The van der Waals surface area contributed by atoms with Crippen LogP contribution in [-0.4, -0.2) is 53.3 Å². The number of amides is 1. The molecule has 2 heterocycles. The van der Waals surface area contributed by atoms with E-state index in [1.54, 1.807) is 0 Å². The molecule has 0 aromatic heterocycles. The lowest BCUT2D eigenvalue weighted by Crippen LogP contribution is -2.47. The molecule has 194 valence electrons. The van der Waals surface area contributed by atoms with Crippen LogP contribution in [0.3, 0.4) is 0 Å². The van der Waals surface area contributed by atoms with E-state index >= 15 is 0 Å². The smallest absolute Gasteiger partial charge is 0.416 e. The molecule has 0 bridgehead atoms. The van der Waals surface area contributed by atoms with Crippen molar-refractivity contribution in [1.82, 2.24) is 9.80 Å². The number of carbonyl (C=O) groups excluding carboxylic acids is 1. The van der Waals surface area contributed by atoms with Gasteiger partial charge in [0.1, 0.15) is 5.75 Å². The van der Waals surface area contributed by atoms with Gasteiger partial charge in [0.25, 0.3) is 0 Å². The molecule has 0 radical (unpaired) electrons. The summed E-state index contributed by atoms with van der Waals surface area (Å²) >= 11 is 0. The summed E-state index contributed by atoms with van der Waals surface area (Å²) in [5, 5.41) is 9.84. The summed E-state index contributed by atoms with van der Waals surface area (Å²) in [6.45, 7) is 1.95. The topological polar surface area (TPSA) is 53.0 Å². The summed E-state index contributed by atoms with van der Waals surface area (Å²) in [5.41, 5.74) is 0.288. The Morgan fingerprint density at radius 3 is 2.53 bits per heavy atom. The molecule has 36 heavy (non-hydrogen) atoms. The van der Waals surface area contributed by atoms with Crippen molar-refractivity contribution in [2.75, 3.05) is 26.4 Å². The van der Waals surface area contributed by atoms with E-state index in [0.29, 0.717) is 36.5 Å². The van der Waals surface area contributed by atoms with Crippen molar-refractivity contribution in [2.45, 2.75) is 63.2 Å². The second-order valence-corrected chi connectivity index (χ2v) is 10.5. The second-order valence-electron chi connectivity index (χ2n) is 10.5. The molecule has 5 rings (SSSR count). The summed E-state index contributed by atoms with van der Waals surface area (Å²) in [7, 11) is 0. The molecule has 2 fully saturated rings. The fourth-order valence-electron chi connectivity index (χ4n) is 6.36. The Bertz CT molecular complexity index is 1070. The Morgan fingerprint density at radius 1 is 1.08 bits per heavy atom. The number of likely N-dealkylation sites (tertiary alicyclic amines) is 1. The normalized spacial score (nSPS) is 25.4.